The molecule has 7 nitrogen and oxygen atoms in total. The molecule has 0 spiro atoms. The number of carbonyl (C=O) groups is 2. The van der Waals surface area contributed by atoms with Gasteiger partial charge >= 0.3 is 5.97 Å². The number of hydrogen-bond donors (Lipinski definition) is 1. The lowest BCUT2D eigenvalue weighted by Gasteiger charge is -2.17. The number of amides is 1. The smallest absolute Gasteiger partial charge is 0.338 e. The van der Waals surface area contributed by atoms with Gasteiger partial charge in [-0.1, -0.05) is 26.2 Å². The van der Waals surface area contributed by atoms with E-state index in [2.05, 4.69) is 12.2 Å². The summed E-state index contributed by atoms with van der Waals surface area (Å²) in [6.45, 7) is 9.38. The van der Waals surface area contributed by atoms with Gasteiger partial charge < -0.3 is 24.3 Å². The average molecular weight is 410 g/mol. The predicted molar refractivity (Wildman–Crippen MR) is 112 cm³/mol. The van der Waals surface area contributed by atoms with Gasteiger partial charge in [0.2, 0.25) is 11.7 Å². The monoisotopic (exact) mass is 409 g/mol. The maximum absolute atomic E-state index is 12.4. The molecule has 1 aromatic carbocycles. The summed E-state index contributed by atoms with van der Waals surface area (Å²) >= 11 is 0. The van der Waals surface area contributed by atoms with E-state index in [0.717, 1.165) is 25.7 Å². The number of rotatable bonds is 15. The number of hydrogen-bond acceptors (Lipinski definition) is 6. The van der Waals surface area contributed by atoms with Crippen molar-refractivity contribution in [2.24, 2.45) is 0 Å². The lowest BCUT2D eigenvalue weighted by atomic mass is 10.1. The molecule has 1 rings (SSSR count). The third kappa shape index (κ3) is 9.07. The minimum Gasteiger partial charge on any atom is -0.490 e. The van der Waals surface area contributed by atoms with Crippen molar-refractivity contribution in [3.8, 4) is 17.2 Å². The van der Waals surface area contributed by atoms with E-state index in [9.17, 15) is 9.59 Å². The van der Waals surface area contributed by atoms with Crippen LogP contribution in [-0.4, -0.2) is 44.8 Å². The van der Waals surface area contributed by atoms with Gasteiger partial charge in [-0.15, -0.1) is 0 Å². The van der Waals surface area contributed by atoms with E-state index in [4.69, 9.17) is 18.9 Å². The van der Waals surface area contributed by atoms with Crippen LogP contribution in [0.5, 0.6) is 17.2 Å². The molecule has 0 aromatic heterocycles. The van der Waals surface area contributed by atoms with E-state index in [0.29, 0.717) is 49.1 Å². The molecule has 7 heteroatoms. The first-order valence-electron chi connectivity index (χ1n) is 10.6. The zero-order valence-corrected chi connectivity index (χ0v) is 18.2. The Hall–Kier alpha value is -2.44. The van der Waals surface area contributed by atoms with Crippen molar-refractivity contribution in [1.82, 2.24) is 5.32 Å². The van der Waals surface area contributed by atoms with Gasteiger partial charge in [0.25, 0.3) is 0 Å². The Morgan fingerprint density at radius 1 is 0.862 bits per heavy atom. The maximum Gasteiger partial charge on any atom is 0.338 e. The van der Waals surface area contributed by atoms with Crippen LogP contribution in [-0.2, 0) is 9.53 Å². The normalized spacial score (nSPS) is 10.3. The molecule has 0 aliphatic rings. The number of esters is 1. The fourth-order valence-corrected chi connectivity index (χ4v) is 2.72. The molecule has 0 aliphatic heterocycles. The third-order valence-corrected chi connectivity index (χ3v) is 4.06. The minimum atomic E-state index is -0.507. The van der Waals surface area contributed by atoms with Crippen molar-refractivity contribution in [3.63, 3.8) is 0 Å². The first kappa shape index (κ1) is 24.6. The number of nitrogens with one attached hydrogen (secondary N) is 1. The standard InChI is InChI=1S/C22H35NO6/c1-5-9-10-11-12-20(24)23-13-14-29-22(25)17-15-18(26-6-2)21(28-8-4)19(16-17)27-7-3/h15-16H,5-14H2,1-4H3,(H,23,24). The highest BCUT2D eigenvalue weighted by atomic mass is 16.5. The topological polar surface area (TPSA) is 83.1 Å². The molecule has 164 valence electrons. The van der Waals surface area contributed by atoms with Crippen LogP contribution >= 0.6 is 0 Å². The summed E-state index contributed by atoms with van der Waals surface area (Å²) in [6.07, 6.45) is 4.72. The zero-order chi connectivity index (χ0) is 21.5. The largest absolute Gasteiger partial charge is 0.490 e. The van der Waals surface area contributed by atoms with Gasteiger partial charge in [-0.05, 0) is 39.3 Å². The summed E-state index contributed by atoms with van der Waals surface area (Å²) in [5.74, 6) is 0.825. The minimum absolute atomic E-state index is 0.0181. The van der Waals surface area contributed by atoms with E-state index < -0.39 is 5.97 Å². The SMILES string of the molecule is CCCCCCC(=O)NCCOC(=O)c1cc(OCC)c(OCC)c(OCC)c1. The van der Waals surface area contributed by atoms with Crippen LogP contribution in [0, 0.1) is 0 Å². The Labute approximate surface area is 174 Å². The summed E-state index contributed by atoms with van der Waals surface area (Å²) in [5, 5.41) is 2.77. The highest BCUT2D eigenvalue weighted by Crippen LogP contribution is 2.39. The predicted octanol–water partition coefficient (Wildman–Crippen LogP) is 4.13. The molecule has 0 bridgehead atoms. The number of benzene rings is 1. The van der Waals surface area contributed by atoms with E-state index in [1.54, 1.807) is 12.1 Å². The van der Waals surface area contributed by atoms with Crippen LogP contribution < -0.4 is 19.5 Å². The summed E-state index contributed by atoms with van der Waals surface area (Å²) in [7, 11) is 0. The van der Waals surface area contributed by atoms with Crippen molar-refractivity contribution in [3.05, 3.63) is 17.7 Å². The van der Waals surface area contributed by atoms with E-state index >= 15 is 0 Å². The average Bonchev–Trinajstić information content (AvgIpc) is 2.71. The van der Waals surface area contributed by atoms with Crippen molar-refractivity contribution >= 4 is 11.9 Å². The van der Waals surface area contributed by atoms with E-state index in [1.807, 2.05) is 20.8 Å². The first-order valence-corrected chi connectivity index (χ1v) is 10.6. The number of carbonyl (C=O) groups excluding carboxylic acids is 2. The zero-order valence-electron chi connectivity index (χ0n) is 18.2. The van der Waals surface area contributed by atoms with Gasteiger partial charge in [-0.3, -0.25) is 4.79 Å². The van der Waals surface area contributed by atoms with Crippen molar-refractivity contribution < 1.29 is 28.5 Å². The van der Waals surface area contributed by atoms with Crippen LogP contribution in [0.3, 0.4) is 0 Å². The Morgan fingerprint density at radius 2 is 1.48 bits per heavy atom. The van der Waals surface area contributed by atoms with Gasteiger partial charge in [-0.2, -0.15) is 0 Å². The molecule has 1 amide bonds. The molecule has 0 saturated heterocycles. The van der Waals surface area contributed by atoms with Crippen molar-refractivity contribution in [2.45, 2.75) is 59.8 Å². The highest BCUT2D eigenvalue weighted by molar-refractivity contribution is 5.91. The maximum atomic E-state index is 12.4. The van der Waals surface area contributed by atoms with Gasteiger partial charge in [0.05, 0.1) is 31.9 Å². The van der Waals surface area contributed by atoms with Crippen molar-refractivity contribution in [2.75, 3.05) is 33.0 Å². The fourth-order valence-electron chi connectivity index (χ4n) is 2.72. The van der Waals surface area contributed by atoms with Gasteiger partial charge in [-0.25, -0.2) is 4.79 Å². The molecule has 1 aromatic rings. The molecule has 1 N–H and O–H groups in total. The summed E-state index contributed by atoms with van der Waals surface area (Å²) in [5.41, 5.74) is 0.311. The Balaban J connectivity index is 2.63. The molecule has 0 saturated carbocycles. The Bertz CT molecular complexity index is 605. The molecular weight excluding hydrogens is 374 g/mol. The first-order chi connectivity index (χ1) is 14.1. The summed E-state index contributed by atoms with van der Waals surface area (Å²) in [6, 6.07) is 3.18. The molecule has 0 unspecified atom stereocenters. The second kappa shape index (κ2) is 14.5. The molecule has 0 heterocycles. The molecule has 0 radical (unpaired) electrons. The Kier molecular flexibility index (Phi) is 12.3. The number of unbranched alkanes of at least 4 members (excludes halogenated alkanes) is 3. The summed E-state index contributed by atoms with van der Waals surface area (Å²) in [4.78, 5) is 24.2. The molecule has 0 atom stereocenters. The molecule has 29 heavy (non-hydrogen) atoms. The van der Waals surface area contributed by atoms with Crippen LogP contribution in [0.4, 0.5) is 0 Å². The van der Waals surface area contributed by atoms with E-state index in [1.165, 1.54) is 0 Å². The quantitative estimate of drug-likeness (QED) is 0.346. The molecule has 0 fully saturated rings. The van der Waals surface area contributed by atoms with Crippen LogP contribution in [0.25, 0.3) is 0 Å². The lowest BCUT2D eigenvalue weighted by molar-refractivity contribution is -0.121. The van der Waals surface area contributed by atoms with Gasteiger partial charge in [0, 0.05) is 6.42 Å². The van der Waals surface area contributed by atoms with Gasteiger partial charge in [0.15, 0.2) is 11.5 Å². The van der Waals surface area contributed by atoms with Crippen LogP contribution in [0.15, 0.2) is 12.1 Å². The molecular formula is C22H35NO6. The second-order valence-corrected chi connectivity index (χ2v) is 6.40. The number of ether oxygens (including phenoxy) is 4. The second-order valence-electron chi connectivity index (χ2n) is 6.40. The van der Waals surface area contributed by atoms with Gasteiger partial charge in [0.1, 0.15) is 6.61 Å². The van der Waals surface area contributed by atoms with Crippen LogP contribution in [0.2, 0.25) is 0 Å². The third-order valence-electron chi connectivity index (χ3n) is 4.06. The van der Waals surface area contributed by atoms with Crippen molar-refractivity contribution in [1.29, 1.82) is 0 Å². The lowest BCUT2D eigenvalue weighted by Crippen LogP contribution is -2.27. The summed E-state index contributed by atoms with van der Waals surface area (Å²) < 4.78 is 22.1. The van der Waals surface area contributed by atoms with Crippen LogP contribution in [0.1, 0.15) is 70.2 Å². The van der Waals surface area contributed by atoms with E-state index in [-0.39, 0.29) is 19.1 Å². The molecule has 0 aliphatic carbocycles. The Morgan fingerprint density at radius 3 is 2.03 bits per heavy atom. The fraction of sp³-hybridized carbons (Fsp3) is 0.636. The highest BCUT2D eigenvalue weighted by Gasteiger charge is 2.19.